The van der Waals surface area contributed by atoms with Crippen LogP contribution in [0.1, 0.15) is 10.4 Å². The van der Waals surface area contributed by atoms with Gasteiger partial charge in [-0.2, -0.15) is 0 Å². The van der Waals surface area contributed by atoms with Gasteiger partial charge < -0.3 is 10.0 Å². The van der Waals surface area contributed by atoms with Gasteiger partial charge in [0.2, 0.25) is 0 Å². The second-order valence-electron chi connectivity index (χ2n) is 4.31. The fourth-order valence-electron chi connectivity index (χ4n) is 1.79. The zero-order chi connectivity index (χ0) is 15.6. The quantitative estimate of drug-likeness (QED) is 0.489. The maximum atomic E-state index is 12.5. The number of phenolic OH excluding ortho intramolecular Hbond substituents is 1. The summed E-state index contributed by atoms with van der Waals surface area (Å²) in [5.41, 5.74) is 0.612. The molecule has 0 radical (unpaired) electrons. The third-order valence-electron chi connectivity index (χ3n) is 2.91. The molecule has 0 aromatic heterocycles. The van der Waals surface area contributed by atoms with Crippen molar-refractivity contribution >= 4 is 39.9 Å². The molecule has 2 rings (SSSR count). The highest BCUT2D eigenvalue weighted by atomic mass is 127. The molecule has 0 saturated carbocycles. The van der Waals surface area contributed by atoms with Gasteiger partial charge in [-0.15, -0.1) is 0 Å². The molecule has 0 aliphatic heterocycles. The summed E-state index contributed by atoms with van der Waals surface area (Å²) in [6, 6.07) is 10.4. The van der Waals surface area contributed by atoms with Crippen molar-refractivity contribution < 1.29 is 14.8 Å². The Kier molecular flexibility index (Phi) is 4.41. The number of carbonyl (C=O) groups excluding carboxylic acids is 1. The van der Waals surface area contributed by atoms with Crippen molar-refractivity contribution in [3.63, 3.8) is 0 Å². The van der Waals surface area contributed by atoms with Crippen molar-refractivity contribution in [2.75, 3.05) is 11.9 Å². The molecule has 0 fully saturated rings. The Labute approximate surface area is 134 Å². The number of carbonyl (C=O) groups is 1. The Bertz CT molecular complexity index is 718. The molecule has 1 amide bonds. The molecule has 21 heavy (non-hydrogen) atoms. The van der Waals surface area contributed by atoms with Crippen LogP contribution in [-0.2, 0) is 0 Å². The highest BCUT2D eigenvalue weighted by molar-refractivity contribution is 14.1. The fourth-order valence-corrected chi connectivity index (χ4v) is 2.36. The van der Waals surface area contributed by atoms with Crippen LogP contribution in [0, 0.1) is 13.7 Å². The fraction of sp³-hybridized carbons (Fsp3) is 0.0714. The van der Waals surface area contributed by atoms with E-state index in [2.05, 4.69) is 0 Å². The minimum Gasteiger partial charge on any atom is -0.508 e. The molecule has 108 valence electrons. The van der Waals surface area contributed by atoms with E-state index in [0.717, 1.165) is 0 Å². The Morgan fingerprint density at radius 2 is 2.00 bits per heavy atom. The molecule has 6 nitrogen and oxygen atoms in total. The maximum Gasteiger partial charge on any atom is 0.270 e. The zero-order valence-corrected chi connectivity index (χ0v) is 13.1. The van der Waals surface area contributed by atoms with Gasteiger partial charge in [0.25, 0.3) is 11.6 Å². The molecular weight excluding hydrogens is 387 g/mol. The normalized spacial score (nSPS) is 10.2. The van der Waals surface area contributed by atoms with Crippen LogP contribution in [0.4, 0.5) is 11.4 Å². The van der Waals surface area contributed by atoms with Crippen molar-refractivity contribution in [1.29, 1.82) is 0 Å². The van der Waals surface area contributed by atoms with E-state index in [-0.39, 0.29) is 22.9 Å². The molecule has 0 heterocycles. The van der Waals surface area contributed by atoms with Gasteiger partial charge in [-0.25, -0.2) is 0 Å². The van der Waals surface area contributed by atoms with Crippen molar-refractivity contribution in [2.45, 2.75) is 0 Å². The Morgan fingerprint density at radius 1 is 1.29 bits per heavy atom. The summed E-state index contributed by atoms with van der Waals surface area (Å²) < 4.78 is 0.621. The number of anilines is 1. The first kappa shape index (κ1) is 15.2. The highest BCUT2D eigenvalue weighted by Crippen LogP contribution is 2.24. The van der Waals surface area contributed by atoms with Gasteiger partial charge in [-0.1, -0.05) is 6.07 Å². The number of nitro groups is 1. The first-order chi connectivity index (χ1) is 9.90. The predicted octanol–water partition coefficient (Wildman–Crippen LogP) is 3.18. The average Bonchev–Trinajstić information content (AvgIpc) is 2.46. The second kappa shape index (κ2) is 6.08. The van der Waals surface area contributed by atoms with Gasteiger partial charge in [0.1, 0.15) is 5.75 Å². The molecule has 0 bridgehead atoms. The number of hydrogen-bond acceptors (Lipinski definition) is 4. The lowest BCUT2D eigenvalue weighted by molar-refractivity contribution is -0.384. The largest absolute Gasteiger partial charge is 0.508 e. The third-order valence-corrected chi connectivity index (χ3v) is 3.85. The maximum absolute atomic E-state index is 12.5. The summed E-state index contributed by atoms with van der Waals surface area (Å²) in [5, 5.41) is 20.3. The van der Waals surface area contributed by atoms with E-state index < -0.39 is 4.92 Å². The van der Waals surface area contributed by atoms with E-state index in [1.165, 1.54) is 35.2 Å². The zero-order valence-electron chi connectivity index (χ0n) is 11.0. The Balaban J connectivity index is 2.39. The lowest BCUT2D eigenvalue weighted by Gasteiger charge is -2.18. The predicted molar refractivity (Wildman–Crippen MR) is 86.7 cm³/mol. The number of halogens is 1. The number of nitrogens with zero attached hydrogens (tertiary/aromatic N) is 2. The van der Waals surface area contributed by atoms with E-state index in [0.29, 0.717) is 9.26 Å². The number of amides is 1. The van der Waals surface area contributed by atoms with Gasteiger partial charge in [-0.05, 0) is 40.8 Å². The van der Waals surface area contributed by atoms with E-state index >= 15 is 0 Å². The van der Waals surface area contributed by atoms with Crippen molar-refractivity contribution in [3.8, 4) is 5.75 Å². The minimum absolute atomic E-state index is 0.0425. The number of phenols is 1. The van der Waals surface area contributed by atoms with Crippen LogP contribution < -0.4 is 4.90 Å². The SMILES string of the molecule is CN(C(=O)c1cc([N+](=O)[O-])ccc1I)c1cccc(O)c1. The van der Waals surface area contributed by atoms with Crippen LogP contribution in [-0.4, -0.2) is 23.0 Å². The van der Waals surface area contributed by atoms with Gasteiger partial charge in [0.05, 0.1) is 10.5 Å². The van der Waals surface area contributed by atoms with Crippen LogP contribution in [0.3, 0.4) is 0 Å². The summed E-state index contributed by atoms with van der Waals surface area (Å²) in [6.45, 7) is 0. The van der Waals surface area contributed by atoms with Gasteiger partial charge >= 0.3 is 0 Å². The molecule has 2 aromatic carbocycles. The molecule has 0 spiro atoms. The summed E-state index contributed by atoms with van der Waals surface area (Å²) in [5.74, 6) is -0.338. The van der Waals surface area contributed by atoms with E-state index in [4.69, 9.17) is 0 Å². The minimum atomic E-state index is -0.540. The summed E-state index contributed by atoms with van der Waals surface area (Å²) in [7, 11) is 1.55. The molecule has 0 aliphatic carbocycles. The number of aromatic hydroxyl groups is 1. The number of non-ortho nitro benzene ring substituents is 1. The molecule has 0 atom stereocenters. The van der Waals surface area contributed by atoms with Crippen molar-refractivity contribution in [3.05, 3.63) is 61.7 Å². The summed E-state index contributed by atoms with van der Waals surface area (Å²) in [6.07, 6.45) is 0. The molecule has 7 heteroatoms. The number of benzene rings is 2. The number of rotatable bonds is 3. The van der Waals surface area contributed by atoms with Crippen molar-refractivity contribution in [1.82, 2.24) is 0 Å². The second-order valence-corrected chi connectivity index (χ2v) is 5.47. The van der Waals surface area contributed by atoms with E-state index in [1.807, 2.05) is 22.6 Å². The highest BCUT2D eigenvalue weighted by Gasteiger charge is 2.19. The smallest absolute Gasteiger partial charge is 0.270 e. The van der Waals surface area contributed by atoms with Gasteiger partial charge in [0, 0.05) is 34.5 Å². The van der Waals surface area contributed by atoms with Crippen LogP contribution in [0.2, 0.25) is 0 Å². The lowest BCUT2D eigenvalue weighted by atomic mass is 10.1. The first-order valence-electron chi connectivity index (χ1n) is 5.91. The first-order valence-corrected chi connectivity index (χ1v) is 6.99. The van der Waals surface area contributed by atoms with Gasteiger partial charge in [0.15, 0.2) is 0 Å². The molecule has 0 saturated heterocycles. The van der Waals surface area contributed by atoms with Crippen molar-refractivity contribution in [2.24, 2.45) is 0 Å². The average molecular weight is 398 g/mol. The van der Waals surface area contributed by atoms with Gasteiger partial charge in [-0.3, -0.25) is 14.9 Å². The Morgan fingerprint density at radius 3 is 2.62 bits per heavy atom. The summed E-state index contributed by atoms with van der Waals surface area (Å²) in [4.78, 5) is 24.1. The molecule has 2 aromatic rings. The van der Waals surface area contributed by atoms with E-state index in [1.54, 1.807) is 19.2 Å². The molecular formula is C14H11IN2O4. The Hall–Kier alpha value is -2.16. The number of nitro benzene ring substituents is 1. The standard InChI is InChI=1S/C14H11IN2O4/c1-16(9-3-2-4-11(18)7-9)14(19)12-8-10(17(20)21)5-6-13(12)15/h2-8,18H,1H3. The summed E-state index contributed by atoms with van der Waals surface area (Å²) >= 11 is 1.96. The third kappa shape index (κ3) is 3.30. The monoisotopic (exact) mass is 398 g/mol. The molecule has 1 N–H and O–H groups in total. The van der Waals surface area contributed by atoms with E-state index in [9.17, 15) is 20.0 Å². The topological polar surface area (TPSA) is 83.7 Å². The van der Waals surface area contributed by atoms with Crippen LogP contribution in [0.25, 0.3) is 0 Å². The van der Waals surface area contributed by atoms with Crippen LogP contribution in [0.15, 0.2) is 42.5 Å². The van der Waals surface area contributed by atoms with Crippen LogP contribution in [0.5, 0.6) is 5.75 Å². The number of hydrogen-bond donors (Lipinski definition) is 1. The molecule has 0 aliphatic rings. The van der Waals surface area contributed by atoms with Crippen LogP contribution >= 0.6 is 22.6 Å². The molecule has 0 unspecified atom stereocenters. The lowest BCUT2D eigenvalue weighted by Crippen LogP contribution is -2.27.